The van der Waals surface area contributed by atoms with Crippen LogP contribution in [0.25, 0.3) is 0 Å². The Balaban J connectivity index is 0.000000282. The van der Waals surface area contributed by atoms with Crippen LogP contribution >= 0.6 is 0 Å². The smallest absolute Gasteiger partial charge is 0.313 e. The maximum Gasteiger partial charge on any atom is 0.313 e. The highest BCUT2D eigenvalue weighted by Gasteiger charge is 2.34. The molecule has 5 aliphatic rings. The predicted octanol–water partition coefficient (Wildman–Crippen LogP) is 5.13. The average molecular weight is 535 g/mol. The molecule has 3 heterocycles. The van der Waals surface area contributed by atoms with E-state index in [1.165, 1.54) is 64.2 Å². The van der Waals surface area contributed by atoms with Gasteiger partial charge in [-0.05, 0) is 62.3 Å². The molecular weight excluding hydrogens is 484 g/mol. The van der Waals surface area contributed by atoms with E-state index in [1.54, 1.807) is 0 Å². The van der Waals surface area contributed by atoms with Crippen LogP contribution in [0.2, 0.25) is 0 Å². The Morgan fingerprint density at radius 3 is 1.68 bits per heavy atom. The molecule has 0 spiro atoms. The Hall–Kier alpha value is -2.45. The van der Waals surface area contributed by atoms with E-state index in [1.807, 2.05) is 30.3 Å². The molecule has 6 rings (SSSR count). The van der Waals surface area contributed by atoms with E-state index in [4.69, 9.17) is 9.47 Å². The van der Waals surface area contributed by atoms with Crippen LogP contribution in [-0.2, 0) is 23.9 Å². The van der Waals surface area contributed by atoms with Gasteiger partial charge in [0.1, 0.15) is 0 Å². The fraction of sp³-hybridized carbons (Fsp3) is 0.700. The van der Waals surface area contributed by atoms with E-state index in [0.717, 1.165) is 31.4 Å². The summed E-state index contributed by atoms with van der Waals surface area (Å²) in [5.74, 6) is 2.27. The SMILES string of the molecule is N.O.O=C1NCCC1C1CCCCC1.O=C1OCCC1C1CCCCC1.O=C1OCCC1c1ccccc1.[HH]. The zero-order valence-electron chi connectivity index (χ0n) is 22.8. The molecule has 1 aromatic rings. The molecule has 3 unspecified atom stereocenters. The van der Waals surface area contributed by atoms with Crippen molar-refractivity contribution in [2.45, 2.75) is 89.4 Å². The summed E-state index contributed by atoms with van der Waals surface area (Å²) < 4.78 is 9.86. The average Bonchev–Trinajstić information content (AvgIpc) is 3.67. The van der Waals surface area contributed by atoms with E-state index in [9.17, 15) is 14.4 Å². The van der Waals surface area contributed by atoms with Crippen LogP contribution in [0.3, 0.4) is 0 Å². The fourth-order valence-corrected chi connectivity index (χ4v) is 6.56. The third kappa shape index (κ3) is 8.80. The number of hydrogen-bond donors (Lipinski definition) is 2. The van der Waals surface area contributed by atoms with Crippen molar-refractivity contribution in [3.05, 3.63) is 35.9 Å². The first-order valence-corrected chi connectivity index (χ1v) is 14.3. The molecule has 2 aliphatic carbocycles. The van der Waals surface area contributed by atoms with Gasteiger partial charge < -0.3 is 26.4 Å². The van der Waals surface area contributed by atoms with Gasteiger partial charge in [-0.25, -0.2) is 0 Å². The number of nitrogens with one attached hydrogen (secondary N) is 1. The number of ether oxygens (including phenoxy) is 2. The largest absolute Gasteiger partial charge is 0.465 e. The minimum absolute atomic E-state index is 0. The molecule has 38 heavy (non-hydrogen) atoms. The Morgan fingerprint density at radius 2 is 1.21 bits per heavy atom. The van der Waals surface area contributed by atoms with Crippen LogP contribution in [0.15, 0.2) is 30.3 Å². The number of benzene rings is 1. The number of rotatable bonds is 3. The molecule has 8 nitrogen and oxygen atoms in total. The van der Waals surface area contributed by atoms with Crippen molar-refractivity contribution < 1.29 is 30.8 Å². The quantitative estimate of drug-likeness (QED) is 0.513. The molecule has 3 aliphatic heterocycles. The molecule has 2 saturated carbocycles. The zero-order valence-corrected chi connectivity index (χ0v) is 22.8. The van der Waals surface area contributed by atoms with Crippen LogP contribution in [0.5, 0.6) is 0 Å². The Kier molecular flexibility index (Phi) is 13.8. The molecule has 1 amide bonds. The van der Waals surface area contributed by atoms with Gasteiger partial charge in [-0.1, -0.05) is 68.9 Å². The van der Waals surface area contributed by atoms with Gasteiger partial charge in [0.05, 0.1) is 25.0 Å². The standard InChI is InChI=1S/C10H17NO.C10H16O2.C10H10O2.H3N.H2O.H2/c12-10-9(6-7-11-10)8-4-2-1-3-5-8;2*11-10-9(6-7-12-10)8-4-2-1-3-5-8;;;/h8-9H,1-7H2,(H,11,12);8-9H,1-7H2;1-5,9H,6-7H2;1H3;1H2;1H. The minimum Gasteiger partial charge on any atom is -0.465 e. The Labute approximate surface area is 229 Å². The van der Waals surface area contributed by atoms with Crippen molar-refractivity contribution in [1.82, 2.24) is 11.5 Å². The molecule has 5 fully saturated rings. The summed E-state index contributed by atoms with van der Waals surface area (Å²) in [5.41, 5.74) is 1.07. The lowest BCUT2D eigenvalue weighted by atomic mass is 9.79. The van der Waals surface area contributed by atoms with E-state index >= 15 is 0 Å². The Morgan fingerprint density at radius 1 is 0.658 bits per heavy atom. The van der Waals surface area contributed by atoms with Crippen molar-refractivity contribution in [1.29, 1.82) is 0 Å². The van der Waals surface area contributed by atoms with Crippen molar-refractivity contribution >= 4 is 17.8 Å². The second kappa shape index (κ2) is 16.5. The van der Waals surface area contributed by atoms with Crippen LogP contribution in [-0.4, -0.2) is 43.1 Å². The zero-order chi connectivity index (χ0) is 25.2. The second-order valence-electron chi connectivity index (χ2n) is 11.0. The van der Waals surface area contributed by atoms with E-state index in [0.29, 0.717) is 36.9 Å². The molecule has 0 radical (unpaired) electrons. The molecule has 0 aromatic heterocycles. The van der Waals surface area contributed by atoms with Gasteiger partial charge in [-0.3, -0.25) is 14.4 Å². The van der Waals surface area contributed by atoms with Gasteiger partial charge in [0.15, 0.2) is 0 Å². The summed E-state index contributed by atoms with van der Waals surface area (Å²) >= 11 is 0. The summed E-state index contributed by atoms with van der Waals surface area (Å²) in [6.45, 7) is 2.15. The molecule has 3 atom stereocenters. The van der Waals surface area contributed by atoms with E-state index in [2.05, 4.69) is 5.32 Å². The number of hydrogen-bond acceptors (Lipinski definition) is 6. The third-order valence-corrected chi connectivity index (χ3v) is 8.64. The number of cyclic esters (lactones) is 2. The highest BCUT2D eigenvalue weighted by molar-refractivity contribution is 5.81. The first-order valence-electron chi connectivity index (χ1n) is 14.3. The first kappa shape index (κ1) is 31.8. The molecule has 8 heteroatoms. The maximum absolute atomic E-state index is 11.4. The first-order chi connectivity index (χ1) is 17.6. The normalized spacial score (nSPS) is 27.3. The summed E-state index contributed by atoms with van der Waals surface area (Å²) in [7, 11) is 0. The second-order valence-corrected chi connectivity index (χ2v) is 11.0. The van der Waals surface area contributed by atoms with Crippen LogP contribution < -0.4 is 11.5 Å². The summed E-state index contributed by atoms with van der Waals surface area (Å²) in [6.07, 6.45) is 16.0. The lowest BCUT2D eigenvalue weighted by molar-refractivity contribution is -0.143. The number of esters is 2. The summed E-state index contributed by atoms with van der Waals surface area (Å²) in [5, 5.41) is 2.93. The minimum atomic E-state index is -0.0822. The van der Waals surface area contributed by atoms with Gasteiger partial charge in [0, 0.05) is 13.9 Å². The Bertz CT molecular complexity index is 818. The highest BCUT2D eigenvalue weighted by atomic mass is 16.5. The molecule has 6 N–H and O–H groups in total. The van der Waals surface area contributed by atoms with Gasteiger partial charge >= 0.3 is 11.9 Å². The molecule has 1 aromatic carbocycles. The van der Waals surface area contributed by atoms with Crippen LogP contribution in [0, 0.1) is 23.7 Å². The van der Waals surface area contributed by atoms with Crippen LogP contribution in [0.4, 0.5) is 0 Å². The molecular formula is C30H50N2O6. The molecule has 0 bridgehead atoms. The number of carbonyl (C=O) groups excluding carboxylic acids is 3. The van der Waals surface area contributed by atoms with Gasteiger partial charge in [-0.15, -0.1) is 0 Å². The van der Waals surface area contributed by atoms with Gasteiger partial charge in [0.25, 0.3) is 0 Å². The lowest BCUT2D eigenvalue weighted by Crippen LogP contribution is -2.26. The topological polar surface area (TPSA) is 148 Å². The van der Waals surface area contributed by atoms with Crippen molar-refractivity contribution in [3.8, 4) is 0 Å². The lowest BCUT2D eigenvalue weighted by Gasteiger charge is -2.25. The maximum atomic E-state index is 11.4. The highest BCUT2D eigenvalue weighted by Crippen LogP contribution is 2.35. The monoisotopic (exact) mass is 534 g/mol. The summed E-state index contributed by atoms with van der Waals surface area (Å²) in [6, 6.07) is 9.78. The predicted molar refractivity (Wildman–Crippen MR) is 149 cm³/mol. The van der Waals surface area contributed by atoms with Crippen LogP contribution in [0.1, 0.15) is 96.4 Å². The third-order valence-electron chi connectivity index (χ3n) is 8.64. The van der Waals surface area contributed by atoms with Crippen molar-refractivity contribution in [2.24, 2.45) is 23.7 Å². The van der Waals surface area contributed by atoms with E-state index in [-0.39, 0.29) is 36.8 Å². The summed E-state index contributed by atoms with van der Waals surface area (Å²) in [4.78, 5) is 33.8. The number of carbonyl (C=O) groups is 3. The number of amides is 1. The van der Waals surface area contributed by atoms with Crippen molar-refractivity contribution in [3.63, 3.8) is 0 Å². The van der Waals surface area contributed by atoms with Gasteiger partial charge in [-0.2, -0.15) is 0 Å². The molecule has 3 saturated heterocycles. The van der Waals surface area contributed by atoms with E-state index < -0.39 is 0 Å². The van der Waals surface area contributed by atoms with Crippen molar-refractivity contribution in [2.75, 3.05) is 19.8 Å². The fourth-order valence-electron chi connectivity index (χ4n) is 6.56. The van der Waals surface area contributed by atoms with Gasteiger partial charge in [0.2, 0.25) is 5.91 Å². The molecule has 216 valence electrons.